The average Bonchev–Trinajstić information content (AvgIpc) is 2.78. The second-order valence-electron chi connectivity index (χ2n) is 7.35. The Bertz CT molecular complexity index is 1290. The number of amides is 4. The van der Waals surface area contributed by atoms with E-state index in [0.717, 1.165) is 23.2 Å². The molecule has 8 heteroatoms. The molecule has 3 aromatic carbocycles. The largest absolute Gasteiger partial charge is 0.488 e. The van der Waals surface area contributed by atoms with Gasteiger partial charge in [0, 0.05) is 3.57 Å². The number of hydrogen-bond acceptors (Lipinski definition) is 4. The fraction of sp³-hybridized carbons (Fsp3) is 0.0800. The molecular formula is C25H18I2N2O4. The molecule has 4 rings (SSSR count). The van der Waals surface area contributed by atoms with Crippen LogP contribution in [0.1, 0.15) is 16.7 Å². The molecule has 0 aliphatic carbocycles. The van der Waals surface area contributed by atoms with Crippen molar-refractivity contribution < 1.29 is 19.1 Å². The number of nitrogens with one attached hydrogen (secondary N) is 1. The van der Waals surface area contributed by atoms with E-state index in [1.165, 1.54) is 6.08 Å². The molecule has 1 heterocycles. The zero-order chi connectivity index (χ0) is 23.5. The Balaban J connectivity index is 1.57. The summed E-state index contributed by atoms with van der Waals surface area (Å²) in [6.45, 7) is 2.23. The fourth-order valence-corrected chi connectivity index (χ4v) is 4.38. The molecule has 0 atom stereocenters. The number of imide groups is 2. The summed E-state index contributed by atoms with van der Waals surface area (Å²) in [6, 6.07) is 19.7. The van der Waals surface area contributed by atoms with Gasteiger partial charge in [-0.1, -0.05) is 36.4 Å². The molecule has 0 aromatic heterocycles. The number of rotatable bonds is 5. The topological polar surface area (TPSA) is 75.7 Å². The number of aryl methyl sites for hydroxylation is 1. The second kappa shape index (κ2) is 10.0. The minimum absolute atomic E-state index is 0.110. The molecular weight excluding hydrogens is 646 g/mol. The van der Waals surface area contributed by atoms with Gasteiger partial charge in [-0.25, -0.2) is 9.69 Å². The Kier molecular flexibility index (Phi) is 7.13. The number of nitrogens with zero attached hydrogens (tertiary/aromatic N) is 1. The van der Waals surface area contributed by atoms with Crippen molar-refractivity contribution in [2.45, 2.75) is 13.5 Å². The smallest absolute Gasteiger partial charge is 0.335 e. The van der Waals surface area contributed by atoms with E-state index in [1.54, 1.807) is 37.3 Å². The van der Waals surface area contributed by atoms with Gasteiger partial charge in [0.05, 0.1) is 9.26 Å². The maximum atomic E-state index is 13.1. The molecule has 0 bridgehead atoms. The molecule has 3 aromatic rings. The minimum atomic E-state index is -0.759. The van der Waals surface area contributed by atoms with E-state index < -0.39 is 17.8 Å². The third kappa shape index (κ3) is 5.27. The van der Waals surface area contributed by atoms with Crippen molar-refractivity contribution in [1.29, 1.82) is 0 Å². The van der Waals surface area contributed by atoms with Crippen LogP contribution in [0.2, 0.25) is 0 Å². The summed E-state index contributed by atoms with van der Waals surface area (Å²) < 4.78 is 7.92. The Labute approximate surface area is 218 Å². The highest BCUT2D eigenvalue weighted by atomic mass is 127. The Hall–Kier alpha value is -2.73. The van der Waals surface area contributed by atoms with Crippen LogP contribution in [0.4, 0.5) is 10.5 Å². The molecule has 33 heavy (non-hydrogen) atoms. The maximum absolute atomic E-state index is 13.1. The molecule has 1 fully saturated rings. The van der Waals surface area contributed by atoms with Gasteiger partial charge >= 0.3 is 6.03 Å². The zero-order valence-electron chi connectivity index (χ0n) is 17.5. The zero-order valence-corrected chi connectivity index (χ0v) is 21.8. The highest BCUT2D eigenvalue weighted by Crippen LogP contribution is 2.27. The van der Waals surface area contributed by atoms with E-state index in [0.29, 0.717) is 23.6 Å². The van der Waals surface area contributed by atoms with Gasteiger partial charge < -0.3 is 4.74 Å². The van der Waals surface area contributed by atoms with E-state index in [-0.39, 0.29) is 5.57 Å². The molecule has 1 aliphatic rings. The van der Waals surface area contributed by atoms with Crippen molar-refractivity contribution >= 4 is 74.8 Å². The Morgan fingerprint density at radius 3 is 2.39 bits per heavy atom. The predicted octanol–water partition coefficient (Wildman–Crippen LogP) is 5.45. The minimum Gasteiger partial charge on any atom is -0.488 e. The number of anilines is 1. The van der Waals surface area contributed by atoms with Crippen LogP contribution in [0.5, 0.6) is 5.75 Å². The standard InChI is InChI=1S/C25H18I2N2O4/c1-15-4-2-3-5-21(15)29-24(31)19(23(30)28-25(29)32)12-17-8-11-22(20(27)13-17)33-14-16-6-9-18(26)10-7-16/h2-13H,14H2,1H3,(H,28,30,32)/b19-12+. The average molecular weight is 664 g/mol. The van der Waals surface area contributed by atoms with Crippen LogP contribution in [0, 0.1) is 14.1 Å². The number of barbiturate groups is 1. The Morgan fingerprint density at radius 2 is 1.70 bits per heavy atom. The van der Waals surface area contributed by atoms with Gasteiger partial charge in [-0.15, -0.1) is 0 Å². The Morgan fingerprint density at radius 1 is 0.970 bits per heavy atom. The van der Waals surface area contributed by atoms with E-state index in [9.17, 15) is 14.4 Å². The molecule has 166 valence electrons. The SMILES string of the molecule is Cc1ccccc1N1C(=O)NC(=O)/C(=C\c2ccc(OCc3ccc(I)cc3)c(I)c2)C1=O. The lowest BCUT2D eigenvalue weighted by Gasteiger charge is -2.27. The first-order chi connectivity index (χ1) is 15.8. The quantitative estimate of drug-likeness (QED) is 0.224. The predicted molar refractivity (Wildman–Crippen MR) is 143 cm³/mol. The molecule has 0 unspecified atom stereocenters. The van der Waals surface area contributed by atoms with E-state index >= 15 is 0 Å². The van der Waals surface area contributed by atoms with Crippen LogP contribution in [0.3, 0.4) is 0 Å². The number of urea groups is 1. The van der Waals surface area contributed by atoms with Gasteiger partial charge in [-0.05, 0) is 105 Å². The third-order valence-electron chi connectivity index (χ3n) is 5.03. The summed E-state index contributed by atoms with van der Waals surface area (Å²) in [7, 11) is 0. The van der Waals surface area contributed by atoms with Gasteiger partial charge in [0.2, 0.25) is 0 Å². The number of carbonyl (C=O) groups is 3. The van der Waals surface area contributed by atoms with E-state index in [2.05, 4.69) is 50.5 Å². The number of carbonyl (C=O) groups excluding carboxylic acids is 3. The summed E-state index contributed by atoms with van der Waals surface area (Å²) in [5, 5.41) is 2.26. The summed E-state index contributed by atoms with van der Waals surface area (Å²) >= 11 is 4.41. The van der Waals surface area contributed by atoms with Crippen molar-refractivity contribution in [3.63, 3.8) is 0 Å². The van der Waals surface area contributed by atoms with Crippen LogP contribution < -0.4 is 15.0 Å². The molecule has 6 nitrogen and oxygen atoms in total. The van der Waals surface area contributed by atoms with Crippen LogP contribution in [-0.2, 0) is 16.2 Å². The number of benzene rings is 3. The summed E-state index contributed by atoms with van der Waals surface area (Å²) in [5.41, 5.74) is 2.79. The molecule has 0 saturated carbocycles. The monoisotopic (exact) mass is 664 g/mol. The highest BCUT2D eigenvalue weighted by molar-refractivity contribution is 14.1. The summed E-state index contributed by atoms with van der Waals surface area (Å²) in [4.78, 5) is 38.9. The highest BCUT2D eigenvalue weighted by Gasteiger charge is 2.37. The van der Waals surface area contributed by atoms with Crippen molar-refractivity contribution in [2.24, 2.45) is 0 Å². The number of hydrogen-bond donors (Lipinski definition) is 1. The van der Waals surface area contributed by atoms with Crippen molar-refractivity contribution in [3.05, 3.63) is 96.1 Å². The number of ether oxygens (including phenoxy) is 1. The molecule has 0 radical (unpaired) electrons. The van der Waals surface area contributed by atoms with Crippen LogP contribution in [-0.4, -0.2) is 17.8 Å². The van der Waals surface area contributed by atoms with Crippen molar-refractivity contribution in [3.8, 4) is 5.75 Å². The molecule has 4 amide bonds. The lowest BCUT2D eigenvalue weighted by atomic mass is 10.1. The van der Waals surface area contributed by atoms with Crippen LogP contribution in [0.15, 0.2) is 72.3 Å². The van der Waals surface area contributed by atoms with Gasteiger partial charge in [0.15, 0.2) is 0 Å². The van der Waals surface area contributed by atoms with E-state index in [1.807, 2.05) is 36.4 Å². The molecule has 0 spiro atoms. The van der Waals surface area contributed by atoms with Gasteiger partial charge in [0.25, 0.3) is 11.8 Å². The van der Waals surface area contributed by atoms with Gasteiger partial charge in [-0.3, -0.25) is 14.9 Å². The molecule has 1 aliphatic heterocycles. The summed E-state index contributed by atoms with van der Waals surface area (Å²) in [5.74, 6) is -0.677. The first kappa shape index (κ1) is 23.4. The van der Waals surface area contributed by atoms with Crippen LogP contribution in [0.25, 0.3) is 6.08 Å². The van der Waals surface area contributed by atoms with Crippen molar-refractivity contribution in [2.75, 3.05) is 4.90 Å². The molecule has 1 N–H and O–H groups in total. The first-order valence-corrected chi connectivity index (χ1v) is 12.1. The number of para-hydroxylation sites is 1. The summed E-state index contributed by atoms with van der Waals surface area (Å²) in [6.07, 6.45) is 1.49. The van der Waals surface area contributed by atoms with Gasteiger partial charge in [-0.2, -0.15) is 0 Å². The van der Waals surface area contributed by atoms with E-state index in [4.69, 9.17) is 4.74 Å². The second-order valence-corrected chi connectivity index (χ2v) is 9.76. The van der Waals surface area contributed by atoms with Crippen LogP contribution >= 0.6 is 45.2 Å². The third-order valence-corrected chi connectivity index (χ3v) is 6.59. The van der Waals surface area contributed by atoms with Gasteiger partial charge in [0.1, 0.15) is 17.9 Å². The number of halogens is 2. The van der Waals surface area contributed by atoms with Crippen molar-refractivity contribution in [1.82, 2.24) is 5.32 Å². The maximum Gasteiger partial charge on any atom is 0.335 e. The lowest BCUT2D eigenvalue weighted by Crippen LogP contribution is -2.54. The molecule has 1 saturated heterocycles. The fourth-order valence-electron chi connectivity index (χ4n) is 3.32. The lowest BCUT2D eigenvalue weighted by molar-refractivity contribution is -0.122. The first-order valence-electron chi connectivity index (χ1n) is 9.97. The normalized spacial score (nSPS) is 15.1.